The number of hydrogen-bond donors (Lipinski definition) is 0. The van der Waals surface area contributed by atoms with Gasteiger partial charge in [0, 0.05) is 12.5 Å². The highest BCUT2D eigenvalue weighted by Gasteiger charge is 2.30. The minimum atomic E-state index is -0.0388. The van der Waals surface area contributed by atoms with Crippen molar-refractivity contribution in [1.82, 2.24) is 9.97 Å². The molecule has 1 saturated carbocycles. The van der Waals surface area contributed by atoms with Gasteiger partial charge in [-0.25, -0.2) is 9.97 Å². The molecule has 1 unspecified atom stereocenters. The molecule has 18 heavy (non-hydrogen) atoms. The average Bonchev–Trinajstić information content (AvgIpc) is 3.16. The molecule has 1 aromatic heterocycles. The zero-order valence-electron chi connectivity index (χ0n) is 10.7. The van der Waals surface area contributed by atoms with E-state index in [1.54, 1.807) is 0 Å². The maximum Gasteiger partial charge on any atom is 0.159 e. The van der Waals surface area contributed by atoms with Crippen LogP contribution in [0.1, 0.15) is 63.1 Å². The highest BCUT2D eigenvalue weighted by atomic mass is 79.9. The molecule has 100 valence electrons. The third kappa shape index (κ3) is 3.22. The third-order valence-electron chi connectivity index (χ3n) is 3.02. The summed E-state index contributed by atoms with van der Waals surface area (Å²) < 4.78 is 6.57. The van der Waals surface area contributed by atoms with Gasteiger partial charge < -0.3 is 4.74 Å². The first kappa shape index (κ1) is 14.2. The van der Waals surface area contributed by atoms with Gasteiger partial charge in [-0.15, -0.1) is 0 Å². The standard InChI is InChI=1S/C13H18BrClN2O/c1-3-5-9(18-4-2)13-16-11(8-6-7-8)10(14)12(15)17-13/h8-9H,3-7H2,1-2H3. The summed E-state index contributed by atoms with van der Waals surface area (Å²) in [6.07, 6.45) is 4.32. The quantitative estimate of drug-likeness (QED) is 0.711. The molecule has 0 aliphatic heterocycles. The molecule has 0 spiro atoms. The molecule has 0 aromatic carbocycles. The van der Waals surface area contributed by atoms with Crippen LogP contribution in [0.2, 0.25) is 5.15 Å². The molecule has 1 aliphatic carbocycles. The lowest BCUT2D eigenvalue weighted by Gasteiger charge is -2.16. The van der Waals surface area contributed by atoms with Gasteiger partial charge in [0.2, 0.25) is 0 Å². The second-order valence-corrected chi connectivity index (χ2v) is 5.73. The Balaban J connectivity index is 2.30. The highest BCUT2D eigenvalue weighted by molar-refractivity contribution is 9.10. The van der Waals surface area contributed by atoms with Crippen molar-refractivity contribution in [2.75, 3.05) is 6.61 Å². The van der Waals surface area contributed by atoms with Crippen molar-refractivity contribution in [3.63, 3.8) is 0 Å². The van der Waals surface area contributed by atoms with Crippen LogP contribution in [0.25, 0.3) is 0 Å². The van der Waals surface area contributed by atoms with Crippen molar-refractivity contribution in [3.8, 4) is 0 Å². The van der Waals surface area contributed by atoms with Crippen LogP contribution in [-0.2, 0) is 4.74 Å². The van der Waals surface area contributed by atoms with Crippen molar-refractivity contribution < 1.29 is 4.74 Å². The lowest BCUT2D eigenvalue weighted by Crippen LogP contribution is -2.11. The number of hydrogen-bond acceptors (Lipinski definition) is 3. The lowest BCUT2D eigenvalue weighted by molar-refractivity contribution is 0.0492. The Kier molecular flexibility index (Phi) is 4.98. The predicted molar refractivity (Wildman–Crippen MR) is 76.0 cm³/mol. The largest absolute Gasteiger partial charge is 0.371 e. The van der Waals surface area contributed by atoms with Crippen LogP contribution < -0.4 is 0 Å². The van der Waals surface area contributed by atoms with Crippen molar-refractivity contribution in [2.45, 2.75) is 51.6 Å². The fraction of sp³-hybridized carbons (Fsp3) is 0.692. The van der Waals surface area contributed by atoms with Gasteiger partial charge in [0.25, 0.3) is 0 Å². The van der Waals surface area contributed by atoms with Gasteiger partial charge in [0.05, 0.1) is 10.2 Å². The molecule has 1 heterocycles. The van der Waals surface area contributed by atoms with E-state index in [1.165, 1.54) is 12.8 Å². The molecule has 0 bridgehead atoms. The van der Waals surface area contributed by atoms with Crippen LogP contribution in [0.15, 0.2) is 4.47 Å². The summed E-state index contributed by atoms with van der Waals surface area (Å²) in [6.45, 7) is 4.79. The van der Waals surface area contributed by atoms with E-state index in [2.05, 4.69) is 32.8 Å². The summed E-state index contributed by atoms with van der Waals surface area (Å²) in [5, 5.41) is 0.503. The maximum absolute atomic E-state index is 6.18. The Labute approximate surface area is 121 Å². The molecule has 0 amide bonds. The second kappa shape index (κ2) is 6.31. The van der Waals surface area contributed by atoms with Gasteiger partial charge in [-0.3, -0.25) is 0 Å². The van der Waals surface area contributed by atoms with Crippen LogP contribution in [0, 0.1) is 0 Å². The predicted octanol–water partition coefficient (Wildman–Crippen LogP) is 4.65. The number of nitrogens with zero attached hydrogens (tertiary/aromatic N) is 2. The van der Waals surface area contributed by atoms with E-state index >= 15 is 0 Å². The van der Waals surface area contributed by atoms with Crippen LogP contribution in [0.4, 0.5) is 0 Å². The van der Waals surface area contributed by atoms with Gasteiger partial charge in [-0.1, -0.05) is 24.9 Å². The van der Waals surface area contributed by atoms with Crippen molar-refractivity contribution >= 4 is 27.5 Å². The van der Waals surface area contributed by atoms with Gasteiger partial charge in [0.15, 0.2) is 5.82 Å². The Morgan fingerprint density at radius 2 is 2.11 bits per heavy atom. The average molecular weight is 334 g/mol. The van der Waals surface area contributed by atoms with Gasteiger partial charge in [0.1, 0.15) is 11.3 Å². The summed E-state index contributed by atoms with van der Waals surface area (Å²) in [4.78, 5) is 9.03. The van der Waals surface area contributed by atoms with Gasteiger partial charge >= 0.3 is 0 Å². The minimum Gasteiger partial charge on any atom is -0.371 e. The van der Waals surface area contributed by atoms with E-state index in [0.29, 0.717) is 17.7 Å². The SMILES string of the molecule is CCCC(OCC)c1nc(Cl)c(Br)c(C2CC2)n1. The molecular weight excluding hydrogens is 316 g/mol. The molecule has 1 fully saturated rings. The van der Waals surface area contributed by atoms with Crippen LogP contribution in [0.5, 0.6) is 0 Å². The molecule has 0 radical (unpaired) electrons. The number of ether oxygens (including phenoxy) is 1. The number of rotatable bonds is 6. The topological polar surface area (TPSA) is 35.0 Å². The van der Waals surface area contributed by atoms with E-state index < -0.39 is 0 Å². The molecular formula is C13H18BrClN2O. The van der Waals surface area contributed by atoms with E-state index in [4.69, 9.17) is 16.3 Å². The lowest BCUT2D eigenvalue weighted by atomic mass is 10.2. The Morgan fingerprint density at radius 3 is 2.67 bits per heavy atom. The van der Waals surface area contributed by atoms with E-state index in [0.717, 1.165) is 28.8 Å². The third-order valence-corrected chi connectivity index (χ3v) is 4.31. The molecule has 0 N–H and O–H groups in total. The summed E-state index contributed by atoms with van der Waals surface area (Å²) in [5.74, 6) is 1.27. The van der Waals surface area contributed by atoms with Crippen molar-refractivity contribution in [1.29, 1.82) is 0 Å². The zero-order valence-corrected chi connectivity index (χ0v) is 13.1. The van der Waals surface area contributed by atoms with Crippen LogP contribution in [-0.4, -0.2) is 16.6 Å². The summed E-state index contributed by atoms with van der Waals surface area (Å²) >= 11 is 9.67. The molecule has 1 aromatic rings. The first-order valence-corrected chi connectivity index (χ1v) is 7.68. The smallest absolute Gasteiger partial charge is 0.159 e. The first-order valence-electron chi connectivity index (χ1n) is 6.51. The summed E-state index contributed by atoms with van der Waals surface area (Å²) in [5.41, 5.74) is 1.05. The molecule has 1 aliphatic rings. The summed E-state index contributed by atoms with van der Waals surface area (Å²) in [6, 6.07) is 0. The van der Waals surface area contributed by atoms with E-state index in [1.807, 2.05) is 6.92 Å². The van der Waals surface area contributed by atoms with Crippen molar-refractivity contribution in [3.05, 3.63) is 21.1 Å². The Morgan fingerprint density at radius 1 is 1.39 bits per heavy atom. The van der Waals surface area contributed by atoms with E-state index in [-0.39, 0.29) is 6.10 Å². The molecule has 3 nitrogen and oxygen atoms in total. The fourth-order valence-corrected chi connectivity index (χ4v) is 2.66. The second-order valence-electron chi connectivity index (χ2n) is 4.58. The normalized spacial score (nSPS) is 16.9. The number of aromatic nitrogens is 2. The monoisotopic (exact) mass is 332 g/mol. The van der Waals surface area contributed by atoms with Crippen LogP contribution in [0.3, 0.4) is 0 Å². The van der Waals surface area contributed by atoms with Gasteiger partial charge in [-0.05, 0) is 42.1 Å². The Hall–Kier alpha value is -0.190. The zero-order chi connectivity index (χ0) is 13.1. The summed E-state index contributed by atoms with van der Waals surface area (Å²) in [7, 11) is 0. The fourth-order valence-electron chi connectivity index (χ4n) is 1.97. The molecule has 2 rings (SSSR count). The Bertz CT molecular complexity index is 418. The van der Waals surface area contributed by atoms with Crippen LogP contribution >= 0.6 is 27.5 Å². The van der Waals surface area contributed by atoms with E-state index in [9.17, 15) is 0 Å². The molecule has 5 heteroatoms. The van der Waals surface area contributed by atoms with Gasteiger partial charge in [-0.2, -0.15) is 0 Å². The number of halogens is 2. The molecule has 0 saturated heterocycles. The first-order chi connectivity index (χ1) is 8.67. The minimum absolute atomic E-state index is 0.0388. The highest BCUT2D eigenvalue weighted by Crippen LogP contribution is 2.44. The maximum atomic E-state index is 6.18. The molecule has 1 atom stereocenters. The van der Waals surface area contributed by atoms with Crippen molar-refractivity contribution in [2.24, 2.45) is 0 Å².